The van der Waals surface area contributed by atoms with E-state index < -0.39 is 0 Å². The van der Waals surface area contributed by atoms with Crippen molar-refractivity contribution in [1.82, 2.24) is 19.7 Å². The zero-order chi connectivity index (χ0) is 15.7. The van der Waals surface area contributed by atoms with Crippen LogP contribution in [0.4, 0.5) is 0 Å². The summed E-state index contributed by atoms with van der Waals surface area (Å²) in [5.74, 6) is 0.599. The van der Waals surface area contributed by atoms with Crippen molar-refractivity contribution in [2.45, 2.75) is 26.8 Å². The van der Waals surface area contributed by atoms with E-state index >= 15 is 0 Å². The molecule has 1 unspecified atom stereocenters. The third-order valence-corrected chi connectivity index (χ3v) is 3.71. The lowest BCUT2D eigenvalue weighted by Crippen LogP contribution is -2.08. The number of aryl methyl sites for hydroxylation is 2. The number of nitrogens with one attached hydrogen (secondary N) is 1. The van der Waals surface area contributed by atoms with Gasteiger partial charge in [0.15, 0.2) is 0 Å². The van der Waals surface area contributed by atoms with Crippen LogP contribution in [-0.4, -0.2) is 19.7 Å². The van der Waals surface area contributed by atoms with Crippen LogP contribution in [0.3, 0.4) is 0 Å². The van der Waals surface area contributed by atoms with Crippen LogP contribution in [0.15, 0.2) is 47.5 Å². The van der Waals surface area contributed by atoms with Gasteiger partial charge in [-0.25, -0.2) is 4.98 Å². The van der Waals surface area contributed by atoms with Crippen LogP contribution in [0.2, 0.25) is 0 Å². The largest absolute Gasteiger partial charge is 0.311 e. The van der Waals surface area contributed by atoms with Crippen molar-refractivity contribution in [2.24, 2.45) is 0 Å². The summed E-state index contributed by atoms with van der Waals surface area (Å²) in [6, 6.07) is 10.0. The first kappa shape index (κ1) is 14.3. The normalized spacial score (nSPS) is 12.3. The molecule has 0 fully saturated rings. The van der Waals surface area contributed by atoms with Gasteiger partial charge in [0.05, 0.1) is 17.9 Å². The number of hydrogen-bond donors (Lipinski definition) is 1. The Hall–Kier alpha value is -2.69. The van der Waals surface area contributed by atoms with Gasteiger partial charge in [-0.2, -0.15) is 5.10 Å². The molecule has 3 aromatic rings. The van der Waals surface area contributed by atoms with Crippen molar-refractivity contribution in [1.29, 1.82) is 0 Å². The van der Waals surface area contributed by atoms with E-state index in [2.05, 4.69) is 53.2 Å². The summed E-state index contributed by atoms with van der Waals surface area (Å²) in [6.07, 6.45) is 3.66. The number of aromatic amines is 1. The minimum Gasteiger partial charge on any atom is -0.311 e. The van der Waals surface area contributed by atoms with Gasteiger partial charge in [0.2, 0.25) is 0 Å². The van der Waals surface area contributed by atoms with Gasteiger partial charge in [-0.05, 0) is 26.3 Å². The highest BCUT2D eigenvalue weighted by atomic mass is 16.1. The molecule has 0 aliphatic carbocycles. The summed E-state index contributed by atoms with van der Waals surface area (Å²) >= 11 is 0. The Morgan fingerprint density at radius 3 is 2.59 bits per heavy atom. The second kappa shape index (κ2) is 5.60. The first-order valence-electron chi connectivity index (χ1n) is 7.22. The van der Waals surface area contributed by atoms with E-state index in [1.54, 1.807) is 13.1 Å². The highest BCUT2D eigenvalue weighted by molar-refractivity contribution is 5.56. The summed E-state index contributed by atoms with van der Waals surface area (Å²) in [6.45, 7) is 5.93. The standard InChI is InChI=1S/C17H18N4O/c1-11-4-6-14(7-5-11)12(2)21-10-15(9-18-21)16-8-17(22)20-13(3)19-16/h4-10,12H,1-3H3,(H,19,20,22). The Balaban J connectivity index is 1.93. The lowest BCUT2D eigenvalue weighted by molar-refractivity contribution is 0.564. The smallest absolute Gasteiger partial charge is 0.251 e. The molecule has 2 heterocycles. The van der Waals surface area contributed by atoms with E-state index in [0.717, 1.165) is 5.56 Å². The van der Waals surface area contributed by atoms with Crippen molar-refractivity contribution in [3.05, 3.63) is 70.0 Å². The molecule has 0 saturated heterocycles. The molecule has 0 aliphatic rings. The van der Waals surface area contributed by atoms with Gasteiger partial charge >= 0.3 is 0 Å². The zero-order valence-electron chi connectivity index (χ0n) is 12.9. The first-order valence-corrected chi connectivity index (χ1v) is 7.22. The maximum atomic E-state index is 11.6. The fourth-order valence-electron chi connectivity index (χ4n) is 2.41. The van der Waals surface area contributed by atoms with Crippen LogP contribution in [0.5, 0.6) is 0 Å². The molecule has 0 bridgehead atoms. The molecule has 1 aromatic carbocycles. The van der Waals surface area contributed by atoms with E-state index in [1.165, 1.54) is 17.2 Å². The number of aromatic nitrogens is 4. The van der Waals surface area contributed by atoms with Gasteiger partial charge in [0.25, 0.3) is 5.56 Å². The van der Waals surface area contributed by atoms with E-state index in [0.29, 0.717) is 11.5 Å². The minimum absolute atomic E-state index is 0.123. The topological polar surface area (TPSA) is 63.6 Å². The summed E-state index contributed by atoms with van der Waals surface area (Å²) < 4.78 is 1.89. The van der Waals surface area contributed by atoms with E-state index in [1.807, 2.05) is 10.9 Å². The van der Waals surface area contributed by atoms with Crippen molar-refractivity contribution >= 4 is 0 Å². The maximum absolute atomic E-state index is 11.6. The molecule has 0 radical (unpaired) electrons. The number of rotatable bonds is 3. The number of nitrogens with zero attached hydrogens (tertiary/aromatic N) is 3. The van der Waals surface area contributed by atoms with Crippen molar-refractivity contribution in [3.63, 3.8) is 0 Å². The number of hydrogen-bond acceptors (Lipinski definition) is 3. The summed E-state index contributed by atoms with van der Waals surface area (Å²) in [7, 11) is 0. The molecule has 112 valence electrons. The molecule has 5 heteroatoms. The average Bonchev–Trinajstić information content (AvgIpc) is 2.96. The summed E-state index contributed by atoms with van der Waals surface area (Å²) in [4.78, 5) is 18.6. The van der Waals surface area contributed by atoms with Gasteiger partial charge in [-0.15, -0.1) is 0 Å². The molecule has 3 rings (SSSR count). The molecular formula is C17H18N4O. The Labute approximate surface area is 128 Å². The third kappa shape index (κ3) is 2.83. The quantitative estimate of drug-likeness (QED) is 0.808. The fraction of sp³-hybridized carbons (Fsp3) is 0.235. The molecule has 0 spiro atoms. The first-order chi connectivity index (χ1) is 10.5. The SMILES string of the molecule is Cc1ccc(C(C)n2cc(-c3cc(=O)[nH]c(C)n3)cn2)cc1. The number of H-pyrrole nitrogens is 1. The van der Waals surface area contributed by atoms with Crippen LogP contribution >= 0.6 is 0 Å². The molecule has 22 heavy (non-hydrogen) atoms. The fourth-order valence-corrected chi connectivity index (χ4v) is 2.41. The van der Waals surface area contributed by atoms with Crippen molar-refractivity contribution in [3.8, 4) is 11.3 Å². The third-order valence-electron chi connectivity index (χ3n) is 3.71. The minimum atomic E-state index is -0.151. The lowest BCUT2D eigenvalue weighted by Gasteiger charge is -2.12. The van der Waals surface area contributed by atoms with Crippen molar-refractivity contribution < 1.29 is 0 Å². The van der Waals surface area contributed by atoms with Crippen LogP contribution in [0, 0.1) is 13.8 Å². The van der Waals surface area contributed by atoms with Gasteiger partial charge < -0.3 is 4.98 Å². The van der Waals surface area contributed by atoms with Crippen LogP contribution < -0.4 is 5.56 Å². The molecule has 2 aromatic heterocycles. The van der Waals surface area contributed by atoms with Crippen LogP contribution in [0.1, 0.15) is 29.9 Å². The van der Waals surface area contributed by atoms with Gasteiger partial charge in [0, 0.05) is 17.8 Å². The highest BCUT2D eigenvalue weighted by Crippen LogP contribution is 2.21. The molecular weight excluding hydrogens is 276 g/mol. The van der Waals surface area contributed by atoms with E-state index in [-0.39, 0.29) is 11.6 Å². The highest BCUT2D eigenvalue weighted by Gasteiger charge is 2.11. The molecule has 1 atom stereocenters. The summed E-state index contributed by atoms with van der Waals surface area (Å²) in [5.41, 5.74) is 3.76. The number of benzene rings is 1. The molecule has 0 amide bonds. The molecule has 0 saturated carbocycles. The van der Waals surface area contributed by atoms with E-state index in [4.69, 9.17) is 0 Å². The lowest BCUT2D eigenvalue weighted by atomic mass is 10.1. The average molecular weight is 294 g/mol. The van der Waals surface area contributed by atoms with Crippen LogP contribution in [0.25, 0.3) is 11.3 Å². The zero-order valence-corrected chi connectivity index (χ0v) is 12.9. The second-order valence-corrected chi connectivity index (χ2v) is 5.51. The van der Waals surface area contributed by atoms with Crippen molar-refractivity contribution in [2.75, 3.05) is 0 Å². The van der Waals surface area contributed by atoms with Crippen LogP contribution in [-0.2, 0) is 0 Å². The van der Waals surface area contributed by atoms with Gasteiger partial charge in [-0.1, -0.05) is 29.8 Å². The Kier molecular flexibility index (Phi) is 3.63. The molecule has 5 nitrogen and oxygen atoms in total. The molecule has 0 aliphatic heterocycles. The second-order valence-electron chi connectivity index (χ2n) is 5.51. The Morgan fingerprint density at radius 2 is 1.91 bits per heavy atom. The Morgan fingerprint density at radius 1 is 1.18 bits per heavy atom. The van der Waals surface area contributed by atoms with Gasteiger partial charge in [0.1, 0.15) is 5.82 Å². The Bertz CT molecular complexity index is 846. The summed E-state index contributed by atoms with van der Waals surface area (Å²) in [5, 5.41) is 4.42. The predicted octanol–water partition coefficient (Wildman–Crippen LogP) is 2.86. The maximum Gasteiger partial charge on any atom is 0.251 e. The molecule has 1 N–H and O–H groups in total. The van der Waals surface area contributed by atoms with E-state index in [9.17, 15) is 4.79 Å². The monoisotopic (exact) mass is 294 g/mol. The van der Waals surface area contributed by atoms with Gasteiger partial charge in [-0.3, -0.25) is 9.48 Å². The predicted molar refractivity (Wildman–Crippen MR) is 85.8 cm³/mol.